The van der Waals surface area contributed by atoms with Gasteiger partial charge in [-0.15, -0.1) is 4.57 Å². The van der Waals surface area contributed by atoms with Gasteiger partial charge < -0.3 is 27.2 Å². The summed E-state index contributed by atoms with van der Waals surface area (Å²) in [5.41, 5.74) is 0.799. The highest BCUT2D eigenvalue weighted by Crippen LogP contribution is 2.28. The molecule has 1 aromatic heterocycles. The Bertz CT molecular complexity index is 660. The number of carboxylic acid groups (broad SMARTS) is 1. The van der Waals surface area contributed by atoms with Crippen molar-refractivity contribution in [3.63, 3.8) is 0 Å². The Hall–Kier alpha value is -1.38. The Morgan fingerprint density at radius 2 is 2.09 bits per heavy atom. The van der Waals surface area contributed by atoms with Crippen molar-refractivity contribution < 1.29 is 36.6 Å². The third kappa shape index (κ3) is 4.82. The van der Waals surface area contributed by atoms with Gasteiger partial charge in [0.25, 0.3) is 0 Å². The van der Waals surface area contributed by atoms with Gasteiger partial charge in [0.15, 0.2) is 11.4 Å². The van der Waals surface area contributed by atoms with E-state index >= 15 is 0 Å². The number of aliphatic carboxylic acids is 1. The van der Waals surface area contributed by atoms with Gasteiger partial charge in [0.05, 0.1) is 11.9 Å². The summed E-state index contributed by atoms with van der Waals surface area (Å²) in [7, 11) is 0. The number of aliphatic imine (C=N–C) groups is 1. The second-order valence-electron chi connectivity index (χ2n) is 4.08. The molecule has 0 spiro atoms. The monoisotopic (exact) mass is 402 g/mol. The number of thiazole rings is 1. The van der Waals surface area contributed by atoms with E-state index in [1.165, 1.54) is 23.1 Å². The lowest BCUT2D eigenvalue weighted by Crippen LogP contribution is -3.00. The minimum absolute atomic E-state index is 0. The molecular weight excluding hydrogens is 388 g/mol. The van der Waals surface area contributed by atoms with Gasteiger partial charge in [-0.3, -0.25) is 9.79 Å². The zero-order chi connectivity index (χ0) is 15.2. The number of aromatic hydroxyl groups is 1. The lowest BCUT2D eigenvalue weighted by Gasteiger charge is -1.93. The molecule has 2 N–H and O–H groups in total. The van der Waals surface area contributed by atoms with Crippen LogP contribution in [0.15, 0.2) is 39.7 Å². The zero-order valence-electron chi connectivity index (χ0n) is 11.8. The van der Waals surface area contributed by atoms with Crippen molar-refractivity contribution in [1.82, 2.24) is 0 Å². The van der Waals surface area contributed by atoms with Crippen molar-refractivity contribution in [1.29, 1.82) is 0 Å². The van der Waals surface area contributed by atoms with Gasteiger partial charge in [-0.25, -0.2) is 0 Å². The molecule has 1 heterocycles. The van der Waals surface area contributed by atoms with Crippen molar-refractivity contribution in [2.75, 3.05) is 5.75 Å². The Morgan fingerprint density at radius 3 is 2.68 bits per heavy atom. The highest BCUT2D eigenvalue weighted by Gasteiger charge is 2.25. The van der Waals surface area contributed by atoms with Crippen molar-refractivity contribution in [2.24, 2.45) is 4.99 Å². The average molecular weight is 403 g/mol. The number of hydrogen-bond acceptors (Lipinski definition) is 5. The van der Waals surface area contributed by atoms with Crippen LogP contribution < -0.4 is 21.5 Å². The number of thioether (sulfide) groups is 1. The van der Waals surface area contributed by atoms with E-state index in [0.717, 1.165) is 10.0 Å². The zero-order valence-corrected chi connectivity index (χ0v) is 15.0. The van der Waals surface area contributed by atoms with Gasteiger partial charge >= 0.3 is 16.2 Å². The highest BCUT2D eigenvalue weighted by molar-refractivity contribution is 8.01. The first-order valence-electron chi connectivity index (χ1n) is 6.31. The summed E-state index contributed by atoms with van der Waals surface area (Å²) in [6.45, 7) is 2.47. The Labute approximate surface area is 147 Å². The van der Waals surface area contributed by atoms with Crippen LogP contribution in [0.25, 0.3) is 0 Å². The van der Waals surface area contributed by atoms with Gasteiger partial charge in [-0.05, 0) is 42.2 Å². The molecule has 0 saturated carbocycles. The SMILES string of the molecule is CC[n+]1c(SCC(=O)O)sc(C=Nc2ccccc2)c1O.[Br-]. The maximum Gasteiger partial charge on any atom is 0.386 e. The number of hydrogen-bond donors (Lipinski definition) is 2. The molecule has 0 aliphatic carbocycles. The standard InChI is InChI=1S/C14H14N2O3S2.BrH/c1-2-16-13(19)11(21-14(16)20-9-12(17)18)8-15-10-6-4-3-5-7-10;/h3-8H,2,9H2,1H3,(H-,15,17,18,19);1H. The minimum atomic E-state index is -0.880. The Kier molecular flexibility index (Phi) is 7.57. The van der Waals surface area contributed by atoms with E-state index in [1.54, 1.807) is 10.8 Å². The normalized spacial score (nSPS) is 10.6. The van der Waals surface area contributed by atoms with Crippen LogP contribution >= 0.6 is 23.1 Å². The van der Waals surface area contributed by atoms with Crippen LogP contribution in [-0.2, 0) is 11.3 Å². The first-order valence-corrected chi connectivity index (χ1v) is 8.11. The molecule has 118 valence electrons. The summed E-state index contributed by atoms with van der Waals surface area (Å²) in [5, 5.41) is 18.9. The number of halogens is 1. The fraction of sp³-hybridized carbons (Fsp3) is 0.214. The second kappa shape index (κ2) is 8.92. The summed E-state index contributed by atoms with van der Waals surface area (Å²) >= 11 is 2.53. The molecule has 0 saturated heterocycles. The first-order chi connectivity index (χ1) is 10.1. The molecule has 0 fully saturated rings. The van der Waals surface area contributed by atoms with Crippen molar-refractivity contribution in [3.8, 4) is 5.88 Å². The minimum Gasteiger partial charge on any atom is -1.00 e. The molecule has 2 rings (SSSR count). The number of carboxylic acids is 1. The molecule has 5 nitrogen and oxygen atoms in total. The second-order valence-corrected chi connectivity index (χ2v) is 6.33. The number of aromatic nitrogens is 1. The van der Waals surface area contributed by atoms with Crippen LogP contribution in [0.2, 0.25) is 0 Å². The topological polar surface area (TPSA) is 73.8 Å². The largest absolute Gasteiger partial charge is 1.00 e. The van der Waals surface area contributed by atoms with E-state index in [1.807, 2.05) is 37.3 Å². The van der Waals surface area contributed by atoms with Crippen LogP contribution in [0.3, 0.4) is 0 Å². The third-order valence-corrected chi connectivity index (χ3v) is 4.98. The van der Waals surface area contributed by atoms with Crippen LogP contribution in [0, 0.1) is 0 Å². The predicted molar refractivity (Wildman–Crippen MR) is 83.9 cm³/mol. The molecule has 0 aliphatic rings. The summed E-state index contributed by atoms with van der Waals surface area (Å²) in [5.74, 6) is -0.792. The molecule has 0 bridgehead atoms. The van der Waals surface area contributed by atoms with Crippen LogP contribution in [0.4, 0.5) is 5.69 Å². The van der Waals surface area contributed by atoms with Crippen molar-refractivity contribution in [2.45, 2.75) is 17.8 Å². The maximum absolute atomic E-state index is 10.7. The molecule has 0 radical (unpaired) electrons. The molecular formula is C14H15BrN2O3S2. The van der Waals surface area contributed by atoms with Crippen LogP contribution in [0.5, 0.6) is 5.88 Å². The smallest absolute Gasteiger partial charge is 0.386 e. The molecule has 0 atom stereocenters. The summed E-state index contributed by atoms with van der Waals surface area (Å²) in [6.07, 6.45) is 1.60. The molecule has 22 heavy (non-hydrogen) atoms. The van der Waals surface area contributed by atoms with Crippen LogP contribution in [-0.4, -0.2) is 28.1 Å². The van der Waals surface area contributed by atoms with E-state index in [9.17, 15) is 9.90 Å². The molecule has 0 unspecified atom stereocenters. The van der Waals surface area contributed by atoms with Crippen LogP contribution in [0.1, 0.15) is 11.8 Å². The average Bonchev–Trinajstić information content (AvgIpc) is 2.79. The number of benzene rings is 1. The van der Waals surface area contributed by atoms with E-state index in [-0.39, 0.29) is 28.6 Å². The first kappa shape index (κ1) is 18.7. The summed E-state index contributed by atoms with van der Waals surface area (Å²) in [6, 6.07) is 9.43. The van der Waals surface area contributed by atoms with Gasteiger partial charge in [-0.1, -0.05) is 18.2 Å². The third-order valence-electron chi connectivity index (χ3n) is 2.62. The molecule has 1 aromatic carbocycles. The predicted octanol–water partition coefficient (Wildman–Crippen LogP) is -0.308. The van der Waals surface area contributed by atoms with Gasteiger partial charge in [-0.2, -0.15) is 0 Å². The van der Waals surface area contributed by atoms with Crippen molar-refractivity contribution >= 4 is 41.0 Å². The molecule has 8 heteroatoms. The molecule has 2 aromatic rings. The van der Waals surface area contributed by atoms with Gasteiger partial charge in [0, 0.05) is 0 Å². The molecule has 0 aliphatic heterocycles. The Morgan fingerprint density at radius 1 is 1.41 bits per heavy atom. The van der Waals surface area contributed by atoms with E-state index < -0.39 is 5.97 Å². The lowest BCUT2D eigenvalue weighted by molar-refractivity contribution is -0.728. The molecule has 0 amide bonds. The summed E-state index contributed by atoms with van der Waals surface area (Å²) < 4.78 is 2.44. The number of rotatable bonds is 6. The Balaban J connectivity index is 0.00000242. The summed E-state index contributed by atoms with van der Waals surface area (Å²) in [4.78, 5) is 15.6. The lowest BCUT2D eigenvalue weighted by atomic mass is 10.3. The number of carbonyl (C=O) groups is 1. The fourth-order valence-electron chi connectivity index (χ4n) is 1.66. The number of nitrogens with zero attached hydrogens (tertiary/aromatic N) is 2. The van der Waals surface area contributed by atoms with Gasteiger partial charge in [0.1, 0.15) is 5.75 Å². The quantitative estimate of drug-likeness (QED) is 0.395. The highest BCUT2D eigenvalue weighted by atomic mass is 79.9. The van der Waals surface area contributed by atoms with Gasteiger partial charge in [0.2, 0.25) is 0 Å². The van der Waals surface area contributed by atoms with E-state index in [0.29, 0.717) is 11.4 Å². The van der Waals surface area contributed by atoms with Crippen molar-refractivity contribution in [3.05, 3.63) is 35.2 Å². The maximum atomic E-state index is 10.7. The fourth-order valence-corrected chi connectivity index (χ4v) is 3.78. The van der Waals surface area contributed by atoms with E-state index in [2.05, 4.69) is 4.99 Å². The number of para-hydroxylation sites is 1. The van der Waals surface area contributed by atoms with E-state index in [4.69, 9.17) is 5.11 Å².